The van der Waals surface area contributed by atoms with Gasteiger partial charge in [-0.3, -0.25) is 4.79 Å². The average Bonchev–Trinajstić information content (AvgIpc) is 3.59. The molecule has 4 aliphatic rings. The van der Waals surface area contributed by atoms with Crippen LogP contribution in [0.2, 0.25) is 0 Å². The number of aliphatic hydroxyl groups is 4. The Labute approximate surface area is 449 Å². The first-order chi connectivity index (χ1) is 37.6. The molecule has 4 N–H and O–H groups in total. The number of rotatable bonds is 15. The van der Waals surface area contributed by atoms with E-state index in [2.05, 4.69) is 78.6 Å². The molecule has 0 saturated carbocycles. The second-order valence-corrected chi connectivity index (χ2v) is 21.0. The monoisotopic (exact) mass is 1040 g/mol. The Morgan fingerprint density at radius 2 is 1.62 bits per heavy atom. The van der Waals surface area contributed by atoms with E-state index in [1.807, 2.05) is 48.5 Å². The number of hydrogen-bond donors (Lipinski definition) is 4. The molecule has 12 nitrogen and oxygen atoms in total. The third-order valence-corrected chi connectivity index (χ3v) is 16.2. The Hall–Kier alpha value is -7.11. The maximum atomic E-state index is 15.5. The first-order valence-corrected chi connectivity index (χ1v) is 26.9. The van der Waals surface area contributed by atoms with Crippen LogP contribution >= 0.6 is 0 Å². The summed E-state index contributed by atoms with van der Waals surface area (Å²) in [6.07, 6.45) is 5.74. The Balaban J connectivity index is 1.16. The van der Waals surface area contributed by atoms with Gasteiger partial charge in [-0.15, -0.1) is 0 Å². The molecular formula is C65H66O12. The average molecular weight is 1040 g/mol. The number of aryl methyl sites for hydroxylation is 2. The van der Waals surface area contributed by atoms with Gasteiger partial charge in [0.1, 0.15) is 18.1 Å². The SMILES string of the molecule is C/C(CO)=C1\CCc2ccc3c(c2)CC#CC[C@@]2(CCCc4ccccc4)Oc4ccc5c(CO)c([C@H](CCO)COCO)c(=O)oc5c4[C@@H](OC(=O)C[C@H]4C[C@H](c5cccc(Cc6ccccc6)c5)C=C[C@@H]34)[C@@H]2OC1=O. The highest BCUT2D eigenvalue weighted by molar-refractivity contribution is 5.90. The van der Waals surface area contributed by atoms with Crippen molar-refractivity contribution in [3.8, 4) is 17.6 Å². The van der Waals surface area contributed by atoms with Crippen molar-refractivity contribution in [2.24, 2.45) is 5.92 Å². The Morgan fingerprint density at radius 3 is 2.39 bits per heavy atom. The number of fused-ring (bicyclic) bond motifs is 9. The van der Waals surface area contributed by atoms with Gasteiger partial charge in [-0.2, -0.15) is 0 Å². The predicted molar refractivity (Wildman–Crippen MR) is 291 cm³/mol. The Morgan fingerprint density at radius 1 is 0.831 bits per heavy atom. The molecule has 0 radical (unpaired) electrons. The van der Waals surface area contributed by atoms with Crippen LogP contribution in [0.15, 0.2) is 148 Å². The molecule has 10 rings (SSSR count). The summed E-state index contributed by atoms with van der Waals surface area (Å²) in [4.78, 5) is 45.1. The molecule has 1 aromatic heterocycles. The molecule has 5 aromatic carbocycles. The normalized spacial score (nSPS) is 23.0. The molecule has 6 aromatic rings. The smallest absolute Gasteiger partial charge is 0.340 e. The van der Waals surface area contributed by atoms with Gasteiger partial charge >= 0.3 is 17.6 Å². The van der Waals surface area contributed by atoms with Crippen molar-refractivity contribution in [1.29, 1.82) is 0 Å². The molecule has 77 heavy (non-hydrogen) atoms. The lowest BCUT2D eigenvalue weighted by atomic mass is 9.71. The summed E-state index contributed by atoms with van der Waals surface area (Å²) in [6.45, 7) is -0.425. The van der Waals surface area contributed by atoms with E-state index in [-0.39, 0.29) is 96.7 Å². The van der Waals surface area contributed by atoms with Crippen LogP contribution < -0.4 is 10.4 Å². The lowest BCUT2D eigenvalue weighted by Crippen LogP contribution is -2.56. The van der Waals surface area contributed by atoms with E-state index < -0.39 is 61.3 Å². The summed E-state index contributed by atoms with van der Waals surface area (Å²) >= 11 is 0. The van der Waals surface area contributed by atoms with Crippen molar-refractivity contribution in [2.75, 3.05) is 26.6 Å². The lowest BCUT2D eigenvalue weighted by molar-refractivity contribution is -0.194. The minimum absolute atomic E-state index is 0.0248. The Bertz CT molecular complexity index is 3290. The third kappa shape index (κ3) is 11.5. The standard InChI is InChI=1S/C65H66O12/c1-41(37-67)51-23-20-44-21-24-52-48(33-44)18-8-9-29-65(30-11-17-42-12-4-2-5-13-42)62(76-63(51)71)61(59-56(77-65)27-26-54-55(38-68)58(64(72)75-60(54)59)49(28-31-66)39-73-40-69)74-57(70)36-50-35-47(22-25-53(50)52)46-19-10-16-45(34-46)32-43-14-6-3-7-15-43/h2-7,10,12-16,19,21-22,24-27,33-34,47,49-50,53,61-62,66-69H,11,17-18,20,23,28-32,35-40H2,1H3/b51-41-/t47-,49-,50-,53-,61-,62+,65+/m1/s1. The molecule has 7 atom stereocenters. The van der Waals surface area contributed by atoms with Gasteiger partial charge in [0.05, 0.1) is 31.8 Å². The summed E-state index contributed by atoms with van der Waals surface area (Å²) in [7, 11) is 0. The fourth-order valence-electron chi connectivity index (χ4n) is 12.2. The minimum Gasteiger partial charge on any atom is -0.482 e. The van der Waals surface area contributed by atoms with Crippen LogP contribution in [0, 0.1) is 17.8 Å². The van der Waals surface area contributed by atoms with E-state index in [1.165, 1.54) is 11.1 Å². The summed E-state index contributed by atoms with van der Waals surface area (Å²) in [5, 5.41) is 41.7. The molecule has 1 aliphatic carbocycles. The second-order valence-electron chi connectivity index (χ2n) is 21.0. The quantitative estimate of drug-likeness (QED) is 0.0191. The highest BCUT2D eigenvalue weighted by atomic mass is 16.6. The molecule has 3 aliphatic heterocycles. The van der Waals surface area contributed by atoms with Gasteiger partial charge in [-0.1, -0.05) is 127 Å². The van der Waals surface area contributed by atoms with E-state index in [0.717, 1.165) is 34.2 Å². The van der Waals surface area contributed by atoms with Gasteiger partial charge in [-0.25, -0.2) is 9.59 Å². The van der Waals surface area contributed by atoms with Crippen LogP contribution in [0.4, 0.5) is 0 Å². The number of carbonyl (C=O) groups is 2. The molecule has 0 amide bonds. The van der Waals surface area contributed by atoms with Crippen molar-refractivity contribution in [2.45, 2.75) is 120 Å². The minimum atomic E-state index is -1.44. The Kier molecular flexibility index (Phi) is 16.6. The maximum absolute atomic E-state index is 15.5. The van der Waals surface area contributed by atoms with Crippen LogP contribution in [-0.4, -0.2) is 70.7 Å². The summed E-state index contributed by atoms with van der Waals surface area (Å²) in [6, 6.07) is 38.8. The third-order valence-electron chi connectivity index (χ3n) is 16.2. The van der Waals surface area contributed by atoms with Gasteiger partial charge in [-0.05, 0) is 126 Å². The number of allylic oxidation sites excluding steroid dienone is 2. The highest BCUT2D eigenvalue weighted by Crippen LogP contribution is 2.52. The number of hydrogen-bond acceptors (Lipinski definition) is 12. The van der Waals surface area contributed by atoms with Crippen LogP contribution in [0.1, 0.15) is 131 Å². The molecule has 0 saturated heterocycles. The van der Waals surface area contributed by atoms with E-state index in [0.29, 0.717) is 43.1 Å². The predicted octanol–water partition coefficient (Wildman–Crippen LogP) is 9.70. The van der Waals surface area contributed by atoms with Crippen molar-refractivity contribution < 1.29 is 53.4 Å². The van der Waals surface area contributed by atoms with Gasteiger partial charge < -0.3 is 43.8 Å². The fourth-order valence-corrected chi connectivity index (χ4v) is 12.2. The number of ether oxygens (including phenoxy) is 4. The number of carbonyl (C=O) groups excluding carboxylic acids is 2. The molecular weight excluding hydrogens is 973 g/mol. The fraction of sp³-hybridized carbons (Fsp3) is 0.369. The molecule has 0 spiro atoms. The first-order valence-electron chi connectivity index (χ1n) is 26.9. The first kappa shape index (κ1) is 53.3. The zero-order chi connectivity index (χ0) is 53.5. The van der Waals surface area contributed by atoms with E-state index in [9.17, 15) is 25.2 Å². The second kappa shape index (κ2) is 24.1. The number of benzene rings is 5. The van der Waals surface area contributed by atoms with Gasteiger partial charge in [0.25, 0.3) is 0 Å². The summed E-state index contributed by atoms with van der Waals surface area (Å²) in [5.41, 5.74) is 6.48. The van der Waals surface area contributed by atoms with Crippen LogP contribution in [0.25, 0.3) is 11.0 Å². The molecule has 4 heterocycles. The summed E-state index contributed by atoms with van der Waals surface area (Å²) in [5.74, 6) is 4.67. The maximum Gasteiger partial charge on any atom is 0.340 e. The van der Waals surface area contributed by atoms with Crippen LogP contribution in [0.5, 0.6) is 5.75 Å². The molecule has 398 valence electrons. The van der Waals surface area contributed by atoms with Crippen LogP contribution in [-0.2, 0) is 56.1 Å². The number of aliphatic hydroxyl groups excluding tert-OH is 4. The van der Waals surface area contributed by atoms with Crippen molar-refractivity contribution in [3.05, 3.63) is 205 Å². The lowest BCUT2D eigenvalue weighted by Gasteiger charge is -2.47. The molecule has 0 unspecified atom stereocenters. The largest absolute Gasteiger partial charge is 0.482 e. The molecule has 12 heteroatoms. The highest BCUT2D eigenvalue weighted by Gasteiger charge is 2.55. The van der Waals surface area contributed by atoms with Crippen LogP contribution in [0.3, 0.4) is 0 Å². The zero-order valence-corrected chi connectivity index (χ0v) is 43.5. The van der Waals surface area contributed by atoms with Crippen molar-refractivity contribution in [3.63, 3.8) is 0 Å². The van der Waals surface area contributed by atoms with Gasteiger partial charge in [0, 0.05) is 53.7 Å². The van der Waals surface area contributed by atoms with Crippen molar-refractivity contribution >= 4 is 22.9 Å². The summed E-state index contributed by atoms with van der Waals surface area (Å²) < 4.78 is 32.7. The van der Waals surface area contributed by atoms with Gasteiger partial charge in [0.2, 0.25) is 0 Å². The van der Waals surface area contributed by atoms with Crippen molar-refractivity contribution in [1.82, 2.24) is 0 Å². The number of esters is 2. The van der Waals surface area contributed by atoms with Gasteiger partial charge in [0.15, 0.2) is 17.8 Å². The molecule has 5 bridgehead atoms. The van der Waals surface area contributed by atoms with E-state index in [1.54, 1.807) is 19.1 Å². The molecule has 0 fully saturated rings. The van der Waals surface area contributed by atoms with E-state index >= 15 is 9.59 Å². The van der Waals surface area contributed by atoms with E-state index in [4.69, 9.17) is 23.4 Å². The topological polar surface area (TPSA) is 182 Å². The zero-order valence-electron chi connectivity index (χ0n) is 43.5.